The lowest BCUT2D eigenvalue weighted by molar-refractivity contribution is -0.131. The highest BCUT2D eigenvalue weighted by atomic mass is 16.5. The van der Waals surface area contributed by atoms with Crippen molar-refractivity contribution in [2.45, 2.75) is 57.0 Å². The minimum Gasteiger partial charge on any atom is -0.457 e. The highest BCUT2D eigenvalue weighted by molar-refractivity contribution is 5.97. The van der Waals surface area contributed by atoms with E-state index in [0.717, 1.165) is 48.5 Å². The quantitative estimate of drug-likeness (QED) is 0.219. The summed E-state index contributed by atoms with van der Waals surface area (Å²) in [5.74, 6) is 2.55. The fraction of sp³-hybridized carbons (Fsp3) is 0.378. The van der Waals surface area contributed by atoms with Gasteiger partial charge in [0.2, 0.25) is 5.91 Å². The van der Waals surface area contributed by atoms with Crippen molar-refractivity contribution in [3.05, 3.63) is 84.5 Å². The van der Waals surface area contributed by atoms with Crippen molar-refractivity contribution < 1.29 is 14.3 Å². The van der Waals surface area contributed by atoms with E-state index in [-0.39, 0.29) is 29.3 Å². The van der Waals surface area contributed by atoms with Gasteiger partial charge in [0, 0.05) is 74.6 Å². The third kappa shape index (κ3) is 6.00. The van der Waals surface area contributed by atoms with Crippen molar-refractivity contribution in [2.75, 3.05) is 38.5 Å². The number of nitrogen functional groups attached to an aromatic ring is 1. The number of rotatable bonds is 7. The first-order valence-corrected chi connectivity index (χ1v) is 16.6. The summed E-state index contributed by atoms with van der Waals surface area (Å²) in [5, 5.41) is 10.2. The molecule has 7 rings (SSSR count). The number of imidazole rings is 1. The molecule has 0 spiro atoms. The molecule has 3 aliphatic heterocycles. The van der Waals surface area contributed by atoms with Crippen molar-refractivity contribution in [2.24, 2.45) is 0 Å². The Hall–Kier alpha value is -5.21. The highest BCUT2D eigenvalue weighted by Gasteiger charge is 2.40. The van der Waals surface area contributed by atoms with Crippen molar-refractivity contribution in [1.82, 2.24) is 29.1 Å². The average Bonchev–Trinajstić information content (AvgIpc) is 3.69. The number of anilines is 1. The first kappa shape index (κ1) is 31.4. The average molecular weight is 645 g/mol. The van der Waals surface area contributed by atoms with Crippen molar-refractivity contribution in [3.63, 3.8) is 0 Å². The predicted octanol–water partition coefficient (Wildman–Crippen LogP) is 5.01. The summed E-state index contributed by atoms with van der Waals surface area (Å²) >= 11 is 0. The van der Waals surface area contributed by atoms with Gasteiger partial charge in [-0.2, -0.15) is 5.26 Å². The lowest BCUT2D eigenvalue weighted by atomic mass is 9.94. The number of likely N-dealkylation sites (tertiary alicyclic amines) is 1. The number of hydrogen-bond acceptors (Lipinski definition) is 8. The molecule has 5 heterocycles. The summed E-state index contributed by atoms with van der Waals surface area (Å²) < 4.78 is 7.97. The second-order valence-corrected chi connectivity index (χ2v) is 13.4. The smallest absolute Gasteiger partial charge is 0.264 e. The van der Waals surface area contributed by atoms with Crippen LogP contribution >= 0.6 is 0 Å². The molecule has 2 aromatic heterocycles. The van der Waals surface area contributed by atoms with E-state index in [9.17, 15) is 14.9 Å². The third-order valence-corrected chi connectivity index (χ3v) is 9.95. The van der Waals surface area contributed by atoms with E-state index in [1.165, 1.54) is 0 Å². The van der Waals surface area contributed by atoms with Gasteiger partial charge in [0.25, 0.3) is 5.91 Å². The van der Waals surface area contributed by atoms with E-state index >= 15 is 0 Å². The van der Waals surface area contributed by atoms with Gasteiger partial charge in [-0.25, -0.2) is 9.97 Å². The molecule has 0 aliphatic carbocycles. The summed E-state index contributed by atoms with van der Waals surface area (Å²) in [6, 6.07) is 19.8. The first-order valence-electron chi connectivity index (χ1n) is 16.6. The molecule has 2 amide bonds. The zero-order valence-corrected chi connectivity index (χ0v) is 27.4. The van der Waals surface area contributed by atoms with Crippen LogP contribution in [0.25, 0.3) is 16.8 Å². The van der Waals surface area contributed by atoms with Crippen LogP contribution in [-0.4, -0.2) is 85.2 Å². The molecule has 0 saturated carbocycles. The summed E-state index contributed by atoms with van der Waals surface area (Å²) in [4.78, 5) is 41.6. The standard InChI is InChI=1S/C37H40N8O3/c1-37(2,43-19-20-44-28(24-43)12-15-31(44)46)21-27(22-38)36(47)42-17-6-7-26(23-42)35-41-32(33-34(39)40-16-18-45(33)35)25-10-13-30(14-11-25)48-29-8-4-3-5-9-29/h3-5,8-11,13-14,16,18,21,26,28H,6-7,12,15,17,19-20,23-24H2,1-2H3,(H2,39,40)/t26-,28+/m1/s1. The predicted molar refractivity (Wildman–Crippen MR) is 182 cm³/mol. The number of nitrogens with zero attached hydrogens (tertiary/aromatic N) is 7. The summed E-state index contributed by atoms with van der Waals surface area (Å²) in [6.07, 6.45) is 8.42. The maximum absolute atomic E-state index is 13.9. The number of piperidine rings is 1. The van der Waals surface area contributed by atoms with Crippen LogP contribution in [0.5, 0.6) is 11.5 Å². The van der Waals surface area contributed by atoms with E-state index in [0.29, 0.717) is 49.9 Å². The third-order valence-electron chi connectivity index (χ3n) is 9.95. The number of amides is 2. The number of nitrogens with two attached hydrogens (primary N) is 1. The van der Waals surface area contributed by atoms with Gasteiger partial charge >= 0.3 is 0 Å². The normalized spacial score (nSPS) is 20.5. The van der Waals surface area contributed by atoms with Gasteiger partial charge < -0.3 is 20.3 Å². The van der Waals surface area contributed by atoms with E-state index in [2.05, 4.69) is 16.0 Å². The van der Waals surface area contributed by atoms with Gasteiger partial charge in [0.1, 0.15) is 46.0 Å². The summed E-state index contributed by atoms with van der Waals surface area (Å²) in [6.45, 7) is 7.22. The Morgan fingerprint density at radius 3 is 2.58 bits per heavy atom. The number of hydrogen-bond donors (Lipinski definition) is 1. The van der Waals surface area contributed by atoms with E-state index in [1.807, 2.05) is 90.0 Å². The Morgan fingerprint density at radius 1 is 1.04 bits per heavy atom. The SMILES string of the molecule is CC(C)(C=C(C#N)C(=O)N1CCC[C@@H](c2nc(-c3ccc(Oc4ccccc4)cc3)c3c(N)nccn23)C1)N1CCN2C(=O)CC[C@H]2C1. The van der Waals surface area contributed by atoms with Gasteiger partial charge in [-0.1, -0.05) is 18.2 Å². The molecular formula is C37H40N8O3. The number of carbonyl (C=O) groups excluding carboxylic acids is 2. The van der Waals surface area contributed by atoms with Crippen LogP contribution in [0.15, 0.2) is 78.6 Å². The largest absolute Gasteiger partial charge is 0.457 e. The monoisotopic (exact) mass is 644 g/mol. The number of fused-ring (bicyclic) bond motifs is 2. The number of nitriles is 1. The Bertz CT molecular complexity index is 1910. The lowest BCUT2D eigenvalue weighted by Gasteiger charge is -2.45. The molecule has 0 bridgehead atoms. The second-order valence-electron chi connectivity index (χ2n) is 13.4. The number of ether oxygens (including phenoxy) is 1. The van der Waals surface area contributed by atoms with Crippen LogP contribution in [-0.2, 0) is 9.59 Å². The maximum atomic E-state index is 13.9. The first-order chi connectivity index (χ1) is 23.2. The number of carbonyl (C=O) groups is 2. The van der Waals surface area contributed by atoms with Crippen LogP contribution in [0.1, 0.15) is 51.3 Å². The van der Waals surface area contributed by atoms with Crippen LogP contribution < -0.4 is 10.5 Å². The van der Waals surface area contributed by atoms with E-state index in [1.54, 1.807) is 11.1 Å². The summed E-state index contributed by atoms with van der Waals surface area (Å²) in [5.41, 5.74) is 8.37. The van der Waals surface area contributed by atoms with Crippen LogP contribution in [0.3, 0.4) is 0 Å². The molecule has 4 aromatic rings. The van der Waals surface area contributed by atoms with Crippen LogP contribution in [0.4, 0.5) is 5.82 Å². The number of aromatic nitrogens is 3. The molecule has 3 aliphatic rings. The molecule has 2 N–H and O–H groups in total. The van der Waals surface area contributed by atoms with Crippen LogP contribution in [0, 0.1) is 11.3 Å². The topological polar surface area (TPSA) is 133 Å². The van der Waals surface area contributed by atoms with Crippen molar-refractivity contribution in [1.29, 1.82) is 5.26 Å². The number of para-hydroxylation sites is 1. The second kappa shape index (κ2) is 12.8. The molecule has 2 atom stereocenters. The number of benzene rings is 2. The highest BCUT2D eigenvalue weighted by Crippen LogP contribution is 2.35. The molecule has 3 saturated heterocycles. The molecule has 11 heteroatoms. The molecule has 0 radical (unpaired) electrons. The molecule has 2 aromatic carbocycles. The number of piperazine rings is 1. The molecule has 3 fully saturated rings. The fourth-order valence-electron chi connectivity index (χ4n) is 7.40. The van der Waals surface area contributed by atoms with Gasteiger partial charge in [-0.05, 0) is 75.6 Å². The van der Waals surface area contributed by atoms with Gasteiger partial charge in [-0.3, -0.25) is 18.9 Å². The zero-order valence-electron chi connectivity index (χ0n) is 27.4. The Morgan fingerprint density at radius 2 is 1.81 bits per heavy atom. The fourth-order valence-corrected chi connectivity index (χ4v) is 7.40. The van der Waals surface area contributed by atoms with Gasteiger partial charge in [-0.15, -0.1) is 0 Å². The minimum atomic E-state index is -0.520. The molecular weight excluding hydrogens is 604 g/mol. The molecule has 0 unspecified atom stereocenters. The molecule has 11 nitrogen and oxygen atoms in total. The zero-order chi connectivity index (χ0) is 33.4. The van der Waals surface area contributed by atoms with E-state index in [4.69, 9.17) is 15.5 Å². The molecule has 246 valence electrons. The lowest BCUT2D eigenvalue weighted by Crippen LogP contribution is -2.57. The van der Waals surface area contributed by atoms with Gasteiger partial charge in [0.05, 0.1) is 0 Å². The van der Waals surface area contributed by atoms with Crippen molar-refractivity contribution >= 4 is 23.1 Å². The Balaban J connectivity index is 1.11. The van der Waals surface area contributed by atoms with Crippen molar-refractivity contribution in [3.8, 4) is 28.8 Å². The van der Waals surface area contributed by atoms with Gasteiger partial charge in [0.15, 0.2) is 0 Å². The maximum Gasteiger partial charge on any atom is 0.264 e. The summed E-state index contributed by atoms with van der Waals surface area (Å²) in [7, 11) is 0. The van der Waals surface area contributed by atoms with E-state index < -0.39 is 5.54 Å². The Labute approximate surface area is 280 Å². The minimum absolute atomic E-state index is 0.0626. The Kier molecular flexibility index (Phi) is 8.35. The van der Waals surface area contributed by atoms with Crippen LogP contribution in [0.2, 0.25) is 0 Å². The molecule has 48 heavy (non-hydrogen) atoms.